The van der Waals surface area contributed by atoms with E-state index in [0.717, 1.165) is 18.0 Å². The van der Waals surface area contributed by atoms with Gasteiger partial charge in [-0.3, -0.25) is 4.79 Å². The molecule has 0 saturated carbocycles. The summed E-state index contributed by atoms with van der Waals surface area (Å²) in [5, 5.41) is 3.05. The van der Waals surface area contributed by atoms with Gasteiger partial charge in [0.1, 0.15) is 0 Å². The molecule has 0 bridgehead atoms. The number of hydrogen-bond acceptors (Lipinski definition) is 3. The van der Waals surface area contributed by atoms with Crippen molar-refractivity contribution in [2.24, 2.45) is 0 Å². The van der Waals surface area contributed by atoms with Gasteiger partial charge in [0.2, 0.25) is 5.91 Å². The summed E-state index contributed by atoms with van der Waals surface area (Å²) in [4.78, 5) is 17.1. The van der Waals surface area contributed by atoms with Crippen molar-refractivity contribution in [1.82, 2.24) is 9.88 Å². The number of amides is 1. The lowest BCUT2D eigenvalue weighted by atomic mass is 10.3. The maximum atomic E-state index is 11.2. The molecule has 72 valence electrons. The number of thiazole rings is 1. The van der Waals surface area contributed by atoms with Crippen molar-refractivity contribution in [3.8, 4) is 0 Å². The molecule has 1 heterocycles. The Morgan fingerprint density at radius 3 is 3.00 bits per heavy atom. The Kier molecular flexibility index (Phi) is 3.89. The molecule has 0 aliphatic carbocycles. The second kappa shape index (κ2) is 4.97. The fourth-order valence-corrected chi connectivity index (χ4v) is 1.64. The average molecular weight is 198 g/mol. The van der Waals surface area contributed by atoms with Crippen LogP contribution in [0.3, 0.4) is 0 Å². The van der Waals surface area contributed by atoms with E-state index in [1.807, 2.05) is 19.4 Å². The van der Waals surface area contributed by atoms with Gasteiger partial charge in [0.15, 0.2) is 0 Å². The molecular weight excluding hydrogens is 184 g/mol. The smallest absolute Gasteiger partial charge is 0.222 e. The molecule has 0 aliphatic heterocycles. The van der Waals surface area contributed by atoms with Gasteiger partial charge in [0.05, 0.1) is 5.01 Å². The van der Waals surface area contributed by atoms with Crippen LogP contribution in [0, 0.1) is 0 Å². The molecule has 0 aliphatic rings. The van der Waals surface area contributed by atoms with Gasteiger partial charge in [-0.2, -0.15) is 0 Å². The predicted molar refractivity (Wildman–Crippen MR) is 53.7 cm³/mol. The molecule has 4 heteroatoms. The molecule has 0 aromatic carbocycles. The van der Waals surface area contributed by atoms with Gasteiger partial charge >= 0.3 is 0 Å². The predicted octanol–water partition coefficient (Wildman–Crippen LogP) is 1.55. The first-order chi connectivity index (χ1) is 6.24. The highest BCUT2D eigenvalue weighted by Gasteiger charge is 2.05. The van der Waals surface area contributed by atoms with E-state index in [1.165, 1.54) is 0 Å². The molecule has 1 aromatic heterocycles. The molecule has 0 saturated heterocycles. The van der Waals surface area contributed by atoms with E-state index in [1.54, 1.807) is 22.4 Å². The van der Waals surface area contributed by atoms with Gasteiger partial charge in [-0.1, -0.05) is 6.92 Å². The van der Waals surface area contributed by atoms with Crippen molar-refractivity contribution in [3.05, 3.63) is 16.6 Å². The monoisotopic (exact) mass is 198 g/mol. The number of rotatable bonds is 4. The lowest BCUT2D eigenvalue weighted by Crippen LogP contribution is -2.27. The van der Waals surface area contributed by atoms with Crippen LogP contribution >= 0.6 is 11.3 Å². The van der Waals surface area contributed by atoms with Gasteiger partial charge in [0.25, 0.3) is 0 Å². The van der Waals surface area contributed by atoms with Crippen molar-refractivity contribution >= 4 is 17.2 Å². The third-order valence-electron chi connectivity index (χ3n) is 1.87. The van der Waals surface area contributed by atoms with Gasteiger partial charge in [-0.15, -0.1) is 11.3 Å². The Labute approximate surface area is 82.4 Å². The summed E-state index contributed by atoms with van der Waals surface area (Å²) in [6.07, 6.45) is 3.23. The van der Waals surface area contributed by atoms with Crippen LogP contribution in [-0.4, -0.2) is 29.4 Å². The summed E-state index contributed by atoms with van der Waals surface area (Å²) in [5.74, 6) is 0.191. The van der Waals surface area contributed by atoms with Crippen molar-refractivity contribution in [3.63, 3.8) is 0 Å². The number of carbonyl (C=O) groups excluding carboxylic acids is 1. The number of carbonyl (C=O) groups is 1. The normalized spacial score (nSPS) is 10.0. The van der Waals surface area contributed by atoms with E-state index in [-0.39, 0.29) is 5.91 Å². The lowest BCUT2D eigenvalue weighted by Gasteiger charge is -2.14. The van der Waals surface area contributed by atoms with E-state index in [0.29, 0.717) is 6.42 Å². The largest absolute Gasteiger partial charge is 0.345 e. The van der Waals surface area contributed by atoms with Crippen LogP contribution < -0.4 is 0 Å². The van der Waals surface area contributed by atoms with Crippen LogP contribution in [0.25, 0.3) is 0 Å². The number of likely N-dealkylation sites (N-methyl/N-ethyl adjacent to an activating group) is 1. The number of aromatic nitrogens is 1. The highest BCUT2D eigenvalue weighted by Crippen LogP contribution is 2.05. The van der Waals surface area contributed by atoms with Crippen molar-refractivity contribution in [2.75, 3.05) is 13.6 Å². The van der Waals surface area contributed by atoms with Crippen molar-refractivity contribution in [1.29, 1.82) is 0 Å². The second-order valence-corrected chi connectivity index (χ2v) is 3.82. The van der Waals surface area contributed by atoms with Crippen LogP contribution in [0.4, 0.5) is 0 Å². The van der Waals surface area contributed by atoms with E-state index in [2.05, 4.69) is 4.98 Å². The van der Waals surface area contributed by atoms with Gasteiger partial charge in [-0.05, 0) is 0 Å². The Hall–Kier alpha value is -0.900. The van der Waals surface area contributed by atoms with E-state index < -0.39 is 0 Å². The maximum Gasteiger partial charge on any atom is 0.222 e. The highest BCUT2D eigenvalue weighted by atomic mass is 32.1. The molecule has 1 rings (SSSR count). The van der Waals surface area contributed by atoms with Gasteiger partial charge < -0.3 is 4.90 Å². The molecule has 3 nitrogen and oxygen atoms in total. The van der Waals surface area contributed by atoms with Crippen molar-refractivity contribution in [2.45, 2.75) is 19.8 Å². The zero-order chi connectivity index (χ0) is 9.68. The minimum Gasteiger partial charge on any atom is -0.345 e. The summed E-state index contributed by atoms with van der Waals surface area (Å²) in [5.41, 5.74) is 0. The molecule has 13 heavy (non-hydrogen) atoms. The highest BCUT2D eigenvalue weighted by molar-refractivity contribution is 7.09. The SMILES string of the molecule is CCC(=O)N(C)CCc1nccs1. The Balaban J connectivity index is 2.30. The first-order valence-electron chi connectivity index (χ1n) is 4.36. The third kappa shape index (κ3) is 3.14. The van der Waals surface area contributed by atoms with Crippen LogP contribution in [-0.2, 0) is 11.2 Å². The fourth-order valence-electron chi connectivity index (χ4n) is 1.03. The van der Waals surface area contributed by atoms with Crippen LogP contribution in [0.1, 0.15) is 18.4 Å². The topological polar surface area (TPSA) is 33.2 Å². The minimum atomic E-state index is 0.191. The Bertz CT molecular complexity index is 259. The van der Waals surface area contributed by atoms with Gasteiger partial charge in [-0.25, -0.2) is 4.98 Å². The molecule has 0 fully saturated rings. The quantitative estimate of drug-likeness (QED) is 0.735. The zero-order valence-corrected chi connectivity index (χ0v) is 8.80. The molecule has 0 atom stereocenters. The minimum absolute atomic E-state index is 0.191. The molecule has 0 radical (unpaired) electrons. The second-order valence-electron chi connectivity index (χ2n) is 2.84. The van der Waals surface area contributed by atoms with Crippen LogP contribution in [0.5, 0.6) is 0 Å². The number of hydrogen-bond donors (Lipinski definition) is 0. The summed E-state index contributed by atoms with van der Waals surface area (Å²) < 4.78 is 0. The summed E-state index contributed by atoms with van der Waals surface area (Å²) in [6.45, 7) is 2.64. The summed E-state index contributed by atoms with van der Waals surface area (Å²) in [7, 11) is 1.83. The summed E-state index contributed by atoms with van der Waals surface area (Å²) in [6, 6.07) is 0. The summed E-state index contributed by atoms with van der Waals surface area (Å²) >= 11 is 1.64. The number of nitrogens with zero attached hydrogens (tertiary/aromatic N) is 2. The lowest BCUT2D eigenvalue weighted by molar-refractivity contribution is -0.129. The van der Waals surface area contributed by atoms with Crippen LogP contribution in [0.15, 0.2) is 11.6 Å². The van der Waals surface area contributed by atoms with Crippen molar-refractivity contribution < 1.29 is 4.79 Å². The molecule has 0 N–H and O–H groups in total. The standard InChI is InChI=1S/C9H14N2OS/c1-3-9(12)11(2)6-4-8-10-5-7-13-8/h5,7H,3-4,6H2,1-2H3. The molecule has 1 aromatic rings. The van der Waals surface area contributed by atoms with Crippen LogP contribution in [0.2, 0.25) is 0 Å². The van der Waals surface area contributed by atoms with E-state index in [4.69, 9.17) is 0 Å². The third-order valence-corrected chi connectivity index (χ3v) is 2.71. The first-order valence-corrected chi connectivity index (χ1v) is 5.24. The van der Waals surface area contributed by atoms with Gasteiger partial charge in [0, 0.05) is 38.0 Å². The molecule has 0 spiro atoms. The van der Waals surface area contributed by atoms with E-state index >= 15 is 0 Å². The first kappa shape index (κ1) is 10.2. The molecular formula is C9H14N2OS. The Morgan fingerprint density at radius 1 is 1.69 bits per heavy atom. The fraction of sp³-hybridized carbons (Fsp3) is 0.556. The average Bonchev–Trinajstić information content (AvgIpc) is 2.65. The van der Waals surface area contributed by atoms with E-state index in [9.17, 15) is 4.79 Å². The zero-order valence-electron chi connectivity index (χ0n) is 7.99. The maximum absolute atomic E-state index is 11.2. The Morgan fingerprint density at radius 2 is 2.46 bits per heavy atom. The molecule has 1 amide bonds. The molecule has 0 unspecified atom stereocenters.